The van der Waals surface area contributed by atoms with Crippen LogP contribution >= 0.6 is 0 Å². The van der Waals surface area contributed by atoms with Crippen LogP contribution in [0.25, 0.3) is 0 Å². The molecule has 106 valence electrons. The first-order valence-electron chi connectivity index (χ1n) is 6.88. The maximum absolute atomic E-state index is 13.2. The lowest BCUT2D eigenvalue weighted by Gasteiger charge is -2.41. The Bertz CT molecular complexity index is 622. The Morgan fingerprint density at radius 3 is 2.60 bits per heavy atom. The topological polar surface area (TPSA) is 69.7 Å². The van der Waals surface area contributed by atoms with E-state index in [1.165, 1.54) is 0 Å². The third-order valence-electron chi connectivity index (χ3n) is 6.51. The molecule has 4 aliphatic rings. The van der Waals surface area contributed by atoms with E-state index >= 15 is 0 Å². The molecule has 4 atom stereocenters. The van der Waals surface area contributed by atoms with Crippen LogP contribution in [0.4, 0.5) is 0 Å². The Morgan fingerprint density at radius 2 is 1.90 bits per heavy atom. The van der Waals surface area contributed by atoms with Crippen molar-refractivity contribution in [3.8, 4) is 0 Å². The van der Waals surface area contributed by atoms with E-state index in [1.807, 2.05) is 6.92 Å². The molecule has 2 saturated carbocycles. The number of Topliss-reactive ketones (excluding diaryl/α,β-unsaturated/α-hetero) is 1. The average molecular weight is 276 g/mol. The van der Waals surface area contributed by atoms with Gasteiger partial charge in [0, 0.05) is 0 Å². The van der Waals surface area contributed by atoms with Crippen LogP contribution in [0.1, 0.15) is 33.1 Å². The van der Waals surface area contributed by atoms with Crippen molar-refractivity contribution in [3.63, 3.8) is 0 Å². The molecular weight excluding hydrogens is 260 g/mol. The first-order valence-corrected chi connectivity index (χ1v) is 6.88. The fourth-order valence-corrected chi connectivity index (χ4v) is 5.19. The van der Waals surface area contributed by atoms with E-state index in [9.17, 15) is 14.4 Å². The van der Waals surface area contributed by atoms with Crippen LogP contribution in [-0.4, -0.2) is 29.9 Å². The highest BCUT2D eigenvalue weighted by molar-refractivity contribution is 6.15. The van der Waals surface area contributed by atoms with Gasteiger partial charge in [-0.2, -0.15) is 0 Å². The minimum Gasteiger partial charge on any atom is -0.464 e. The van der Waals surface area contributed by atoms with Crippen LogP contribution in [0, 0.1) is 16.2 Å². The quantitative estimate of drug-likeness (QED) is 0.377. The van der Waals surface area contributed by atoms with E-state index in [2.05, 4.69) is 6.58 Å². The summed E-state index contributed by atoms with van der Waals surface area (Å²) in [6.45, 7) is 7.62. The van der Waals surface area contributed by atoms with Crippen LogP contribution in [0.3, 0.4) is 0 Å². The zero-order valence-electron chi connectivity index (χ0n) is 11.6. The molecule has 0 aromatic heterocycles. The van der Waals surface area contributed by atoms with Gasteiger partial charge in [-0.15, -0.1) is 0 Å². The van der Waals surface area contributed by atoms with Crippen LogP contribution in [0.2, 0.25) is 0 Å². The predicted octanol–water partition coefficient (Wildman–Crippen LogP) is 1.16. The molecule has 2 saturated heterocycles. The normalized spacial score (nSPS) is 52.7. The summed E-state index contributed by atoms with van der Waals surface area (Å²) in [6, 6.07) is 0. The minimum absolute atomic E-state index is 0.0170. The number of carbonyl (C=O) groups is 3. The number of esters is 2. The Hall–Kier alpha value is -1.65. The third-order valence-corrected chi connectivity index (χ3v) is 6.51. The number of rotatable bonds is 0. The van der Waals surface area contributed by atoms with E-state index in [4.69, 9.17) is 9.47 Å². The zero-order valence-corrected chi connectivity index (χ0v) is 11.6. The van der Waals surface area contributed by atoms with Crippen molar-refractivity contribution in [2.45, 2.75) is 38.7 Å². The van der Waals surface area contributed by atoms with Gasteiger partial charge < -0.3 is 9.47 Å². The van der Waals surface area contributed by atoms with E-state index in [-0.39, 0.29) is 24.8 Å². The first-order chi connectivity index (χ1) is 9.26. The Balaban J connectivity index is 2.08. The number of hydrogen-bond acceptors (Lipinski definition) is 5. The second-order valence-corrected chi connectivity index (χ2v) is 6.85. The molecule has 0 unspecified atom stereocenters. The van der Waals surface area contributed by atoms with Gasteiger partial charge in [0.05, 0.1) is 11.8 Å². The van der Waals surface area contributed by atoms with Gasteiger partial charge in [0.1, 0.15) is 23.0 Å². The minimum atomic E-state index is -1.24. The summed E-state index contributed by atoms with van der Waals surface area (Å²) < 4.78 is 10.9. The number of hydrogen-bond donors (Lipinski definition) is 0. The highest BCUT2D eigenvalue weighted by Gasteiger charge is 2.90. The molecule has 4 rings (SSSR count). The molecule has 20 heavy (non-hydrogen) atoms. The summed E-state index contributed by atoms with van der Waals surface area (Å²) in [6.07, 6.45) is 1.22. The van der Waals surface area contributed by atoms with Gasteiger partial charge in [-0.05, 0) is 19.8 Å². The largest absolute Gasteiger partial charge is 0.464 e. The molecule has 5 heteroatoms. The fourth-order valence-electron chi connectivity index (χ4n) is 5.19. The molecule has 0 amide bonds. The maximum atomic E-state index is 13.2. The Kier molecular flexibility index (Phi) is 1.73. The lowest BCUT2D eigenvalue weighted by molar-refractivity contribution is -0.166. The number of carbonyl (C=O) groups excluding carboxylic acids is 3. The predicted molar refractivity (Wildman–Crippen MR) is 66.4 cm³/mol. The molecule has 0 radical (unpaired) electrons. The van der Waals surface area contributed by atoms with Crippen LogP contribution in [0.5, 0.6) is 0 Å². The molecule has 5 nitrogen and oxygen atoms in total. The zero-order chi connectivity index (χ0) is 14.6. The number of ether oxygens (including phenoxy) is 2. The van der Waals surface area contributed by atoms with Crippen molar-refractivity contribution >= 4 is 17.7 Å². The van der Waals surface area contributed by atoms with Gasteiger partial charge in [-0.3, -0.25) is 14.4 Å². The molecule has 4 fully saturated rings. The number of cyclic esters (lactones) is 1. The summed E-state index contributed by atoms with van der Waals surface area (Å²) >= 11 is 0. The summed E-state index contributed by atoms with van der Waals surface area (Å²) in [5, 5.41) is 0. The van der Waals surface area contributed by atoms with Crippen LogP contribution in [0.15, 0.2) is 12.2 Å². The summed E-state index contributed by atoms with van der Waals surface area (Å²) in [5.74, 6) is -1.10. The Labute approximate surface area is 116 Å². The van der Waals surface area contributed by atoms with Gasteiger partial charge in [-0.25, -0.2) is 0 Å². The van der Waals surface area contributed by atoms with Gasteiger partial charge in [0.2, 0.25) is 0 Å². The van der Waals surface area contributed by atoms with Crippen molar-refractivity contribution < 1.29 is 23.9 Å². The second kappa shape index (κ2) is 2.85. The van der Waals surface area contributed by atoms with Gasteiger partial charge in [-0.1, -0.05) is 19.1 Å². The molecule has 2 aliphatic heterocycles. The smallest absolute Gasteiger partial charge is 0.320 e. The molecular formula is C15H16O5. The second-order valence-electron chi connectivity index (χ2n) is 6.85. The molecule has 2 aliphatic carbocycles. The van der Waals surface area contributed by atoms with Crippen molar-refractivity contribution in [1.29, 1.82) is 0 Å². The Morgan fingerprint density at radius 1 is 1.20 bits per heavy atom. The lowest BCUT2D eigenvalue weighted by atomic mass is 9.63. The molecule has 2 heterocycles. The average Bonchev–Trinajstić information content (AvgIpc) is 2.97. The SMILES string of the molecule is C=C1CC[C@@]23OC(=O)C[C@@]12C(=O)[C@@]1(C)C(=O)OC[C@]13C. The lowest BCUT2D eigenvalue weighted by Crippen LogP contribution is -2.52. The van der Waals surface area contributed by atoms with Crippen molar-refractivity contribution in [2.75, 3.05) is 6.61 Å². The van der Waals surface area contributed by atoms with Gasteiger partial charge in [0.15, 0.2) is 5.78 Å². The van der Waals surface area contributed by atoms with E-state index in [1.54, 1.807) is 6.92 Å². The molecule has 0 spiro atoms. The van der Waals surface area contributed by atoms with E-state index in [0.717, 1.165) is 5.57 Å². The fraction of sp³-hybridized carbons (Fsp3) is 0.667. The highest BCUT2D eigenvalue weighted by Crippen LogP contribution is 2.77. The van der Waals surface area contributed by atoms with Crippen molar-refractivity contribution in [1.82, 2.24) is 0 Å². The van der Waals surface area contributed by atoms with Gasteiger partial charge in [0.25, 0.3) is 0 Å². The van der Waals surface area contributed by atoms with E-state index in [0.29, 0.717) is 12.8 Å². The monoisotopic (exact) mass is 276 g/mol. The molecule has 0 N–H and O–H groups in total. The third kappa shape index (κ3) is 0.757. The highest BCUT2D eigenvalue weighted by atomic mass is 16.6. The number of fused-ring (bicyclic) bond motifs is 1. The first kappa shape index (κ1) is 12.1. The summed E-state index contributed by atoms with van der Waals surface area (Å²) in [4.78, 5) is 37.3. The molecule has 0 aromatic rings. The van der Waals surface area contributed by atoms with Crippen molar-refractivity contribution in [2.24, 2.45) is 16.2 Å². The molecule has 0 aromatic carbocycles. The molecule has 0 bridgehead atoms. The van der Waals surface area contributed by atoms with Crippen molar-refractivity contribution in [3.05, 3.63) is 12.2 Å². The van der Waals surface area contributed by atoms with E-state index < -0.39 is 27.8 Å². The summed E-state index contributed by atoms with van der Waals surface area (Å²) in [5.41, 5.74) is -3.28. The standard InChI is InChI=1S/C15H16O5/c1-8-4-5-15-12(2)7-19-11(18)13(12,3)10(17)14(8,15)6-9(16)20-15/h1,4-7H2,2-3H3/t12-,13+,14+,15+/m1/s1. The summed E-state index contributed by atoms with van der Waals surface area (Å²) in [7, 11) is 0. The van der Waals surface area contributed by atoms with Crippen LogP contribution in [-0.2, 0) is 23.9 Å². The number of ketones is 1. The van der Waals surface area contributed by atoms with Crippen LogP contribution < -0.4 is 0 Å². The maximum Gasteiger partial charge on any atom is 0.320 e. The van der Waals surface area contributed by atoms with Gasteiger partial charge >= 0.3 is 11.9 Å².